The minimum absolute atomic E-state index is 0. The smallest absolute Gasteiger partial charge is 0.227 e. The molecule has 29 heavy (non-hydrogen) atoms. The number of halogens is 1. The fraction of sp³-hybridized carbons (Fsp3) is 0.476. The molecular formula is C21H31IN6O. The molecule has 0 unspecified atom stereocenters. The number of aliphatic imine (C=N–C) groups is 1. The molecule has 3 rings (SSSR count). The van der Waals surface area contributed by atoms with Gasteiger partial charge in [0.05, 0.1) is 0 Å². The summed E-state index contributed by atoms with van der Waals surface area (Å²) in [5.41, 5.74) is 1.96. The number of hydrogen-bond acceptors (Lipinski definition) is 3. The predicted molar refractivity (Wildman–Crippen MR) is 127 cm³/mol. The van der Waals surface area contributed by atoms with E-state index in [1.165, 1.54) is 0 Å². The van der Waals surface area contributed by atoms with Crippen LogP contribution in [0.4, 0.5) is 5.69 Å². The SMILES string of the molecule is CN=C(NCCCn1cccn1)NCc1cccc(NC(=O)C2CCCC2)c1.I. The van der Waals surface area contributed by atoms with Crippen LogP contribution in [0.15, 0.2) is 47.7 Å². The highest BCUT2D eigenvalue weighted by Gasteiger charge is 2.22. The molecule has 8 heteroatoms. The molecule has 1 amide bonds. The molecule has 0 radical (unpaired) electrons. The quantitative estimate of drug-likeness (QED) is 0.220. The number of anilines is 1. The molecule has 158 valence electrons. The van der Waals surface area contributed by atoms with Gasteiger partial charge in [-0.05, 0) is 43.0 Å². The Morgan fingerprint density at radius 3 is 2.79 bits per heavy atom. The van der Waals surface area contributed by atoms with Crippen LogP contribution >= 0.6 is 24.0 Å². The zero-order valence-electron chi connectivity index (χ0n) is 16.9. The number of aromatic nitrogens is 2. The molecule has 1 saturated carbocycles. The van der Waals surface area contributed by atoms with Crippen LogP contribution in [0.25, 0.3) is 0 Å². The molecular weight excluding hydrogens is 479 g/mol. The van der Waals surface area contributed by atoms with E-state index >= 15 is 0 Å². The van der Waals surface area contributed by atoms with Gasteiger partial charge in [0.25, 0.3) is 0 Å². The fourth-order valence-corrected chi connectivity index (χ4v) is 3.48. The van der Waals surface area contributed by atoms with E-state index < -0.39 is 0 Å². The van der Waals surface area contributed by atoms with E-state index in [0.717, 1.165) is 62.4 Å². The molecule has 1 aromatic heterocycles. The van der Waals surface area contributed by atoms with Crippen molar-refractivity contribution in [3.63, 3.8) is 0 Å². The van der Waals surface area contributed by atoms with Gasteiger partial charge < -0.3 is 16.0 Å². The number of guanidine groups is 1. The number of rotatable bonds is 8. The lowest BCUT2D eigenvalue weighted by molar-refractivity contribution is -0.119. The van der Waals surface area contributed by atoms with Gasteiger partial charge in [0, 0.05) is 50.7 Å². The van der Waals surface area contributed by atoms with E-state index in [1.807, 2.05) is 41.2 Å². The second kappa shape index (κ2) is 12.5. The maximum Gasteiger partial charge on any atom is 0.227 e. The molecule has 1 aliphatic rings. The van der Waals surface area contributed by atoms with Crippen molar-refractivity contribution in [2.75, 3.05) is 18.9 Å². The maximum absolute atomic E-state index is 12.3. The van der Waals surface area contributed by atoms with E-state index in [-0.39, 0.29) is 35.8 Å². The van der Waals surface area contributed by atoms with E-state index in [2.05, 4.69) is 26.0 Å². The highest BCUT2D eigenvalue weighted by molar-refractivity contribution is 14.0. The summed E-state index contributed by atoms with van der Waals surface area (Å²) in [6.45, 7) is 2.34. The summed E-state index contributed by atoms with van der Waals surface area (Å²) in [6, 6.07) is 9.91. The van der Waals surface area contributed by atoms with Gasteiger partial charge in [-0.2, -0.15) is 5.10 Å². The highest BCUT2D eigenvalue weighted by Crippen LogP contribution is 2.26. The zero-order valence-corrected chi connectivity index (χ0v) is 19.3. The van der Waals surface area contributed by atoms with E-state index in [1.54, 1.807) is 13.2 Å². The van der Waals surface area contributed by atoms with Gasteiger partial charge >= 0.3 is 0 Å². The fourth-order valence-electron chi connectivity index (χ4n) is 3.48. The van der Waals surface area contributed by atoms with Gasteiger partial charge in [0.15, 0.2) is 5.96 Å². The first-order valence-corrected chi connectivity index (χ1v) is 10.1. The maximum atomic E-state index is 12.3. The number of nitrogens with one attached hydrogen (secondary N) is 3. The summed E-state index contributed by atoms with van der Waals surface area (Å²) in [7, 11) is 1.76. The summed E-state index contributed by atoms with van der Waals surface area (Å²) in [5.74, 6) is 1.09. The molecule has 0 atom stereocenters. The van der Waals surface area contributed by atoms with E-state index in [0.29, 0.717) is 6.54 Å². The topological polar surface area (TPSA) is 83.3 Å². The Labute approximate surface area is 189 Å². The Hall–Kier alpha value is -2.10. The predicted octanol–water partition coefficient (Wildman–Crippen LogP) is 3.39. The van der Waals surface area contributed by atoms with E-state index in [9.17, 15) is 4.79 Å². The zero-order chi connectivity index (χ0) is 19.6. The molecule has 1 aromatic carbocycles. The van der Waals surface area contributed by atoms with Crippen LogP contribution in [-0.4, -0.2) is 35.2 Å². The first-order chi connectivity index (χ1) is 13.7. The average Bonchev–Trinajstić information content (AvgIpc) is 3.42. The second-order valence-corrected chi connectivity index (χ2v) is 7.15. The monoisotopic (exact) mass is 510 g/mol. The first kappa shape index (κ1) is 23.2. The first-order valence-electron chi connectivity index (χ1n) is 10.1. The number of aryl methyl sites for hydroxylation is 1. The Bertz CT molecular complexity index is 771. The molecule has 1 heterocycles. The molecule has 0 saturated heterocycles. The molecule has 1 fully saturated rings. The Morgan fingerprint density at radius 2 is 2.07 bits per heavy atom. The average molecular weight is 510 g/mol. The molecule has 1 aliphatic carbocycles. The van der Waals surface area contributed by atoms with Crippen molar-refractivity contribution >= 4 is 41.5 Å². The molecule has 7 nitrogen and oxygen atoms in total. The van der Waals surface area contributed by atoms with Crippen molar-refractivity contribution in [3.05, 3.63) is 48.3 Å². The number of amides is 1. The third-order valence-corrected chi connectivity index (χ3v) is 5.02. The highest BCUT2D eigenvalue weighted by atomic mass is 127. The van der Waals surface area contributed by atoms with Gasteiger partial charge in [0.1, 0.15) is 0 Å². The summed E-state index contributed by atoms with van der Waals surface area (Å²) < 4.78 is 1.92. The van der Waals surface area contributed by atoms with Crippen LogP contribution in [0.1, 0.15) is 37.7 Å². The summed E-state index contributed by atoms with van der Waals surface area (Å²) in [4.78, 5) is 16.6. The number of hydrogen-bond donors (Lipinski definition) is 3. The van der Waals surface area contributed by atoms with E-state index in [4.69, 9.17) is 0 Å². The molecule has 2 aromatic rings. The van der Waals surface area contributed by atoms with Crippen molar-refractivity contribution in [1.29, 1.82) is 0 Å². The molecule has 0 spiro atoms. The number of carbonyl (C=O) groups excluding carboxylic acids is 1. The molecule has 0 bridgehead atoms. The van der Waals surface area contributed by atoms with Crippen molar-refractivity contribution in [2.24, 2.45) is 10.9 Å². The number of carbonyl (C=O) groups is 1. The summed E-state index contributed by atoms with van der Waals surface area (Å²) in [5, 5.41) is 13.9. The van der Waals surface area contributed by atoms with Gasteiger partial charge in [-0.3, -0.25) is 14.5 Å². The lowest BCUT2D eigenvalue weighted by atomic mass is 10.1. The molecule has 0 aliphatic heterocycles. The van der Waals surface area contributed by atoms with Crippen LogP contribution in [0.5, 0.6) is 0 Å². The second-order valence-electron chi connectivity index (χ2n) is 7.15. The number of nitrogens with zero attached hydrogens (tertiary/aromatic N) is 3. The largest absolute Gasteiger partial charge is 0.356 e. The van der Waals surface area contributed by atoms with Crippen LogP contribution in [-0.2, 0) is 17.9 Å². The minimum atomic E-state index is 0. The van der Waals surface area contributed by atoms with Crippen LogP contribution in [0.2, 0.25) is 0 Å². The Balaban J connectivity index is 0.00000300. The normalized spacial score (nSPS) is 14.3. The Morgan fingerprint density at radius 1 is 1.24 bits per heavy atom. The van der Waals surface area contributed by atoms with Crippen LogP contribution in [0.3, 0.4) is 0 Å². The number of benzene rings is 1. The van der Waals surface area contributed by atoms with Crippen LogP contribution < -0.4 is 16.0 Å². The van der Waals surface area contributed by atoms with Gasteiger partial charge in [-0.15, -0.1) is 24.0 Å². The van der Waals surface area contributed by atoms with Gasteiger partial charge in [0.2, 0.25) is 5.91 Å². The van der Waals surface area contributed by atoms with Crippen molar-refractivity contribution in [3.8, 4) is 0 Å². The summed E-state index contributed by atoms with van der Waals surface area (Å²) in [6.07, 6.45) is 9.06. The minimum Gasteiger partial charge on any atom is -0.356 e. The van der Waals surface area contributed by atoms with Crippen molar-refractivity contribution in [1.82, 2.24) is 20.4 Å². The van der Waals surface area contributed by atoms with Crippen molar-refractivity contribution in [2.45, 2.75) is 45.2 Å². The van der Waals surface area contributed by atoms with Crippen LogP contribution in [0, 0.1) is 5.92 Å². The third kappa shape index (κ3) is 7.68. The van der Waals surface area contributed by atoms with Gasteiger partial charge in [-0.25, -0.2) is 0 Å². The third-order valence-electron chi connectivity index (χ3n) is 5.02. The lowest BCUT2D eigenvalue weighted by Crippen LogP contribution is -2.37. The standard InChI is InChI=1S/C21H30N6O.HI/c1-22-21(23-11-5-13-27-14-6-12-25-27)24-16-17-7-4-10-19(15-17)26-20(28)18-8-2-3-9-18;/h4,6-7,10,12,14-15,18H,2-3,5,8-9,11,13,16H2,1H3,(H,26,28)(H2,22,23,24);1H. The lowest BCUT2D eigenvalue weighted by Gasteiger charge is -2.14. The summed E-state index contributed by atoms with van der Waals surface area (Å²) >= 11 is 0. The molecule has 3 N–H and O–H groups in total. The van der Waals surface area contributed by atoms with Gasteiger partial charge in [-0.1, -0.05) is 25.0 Å². The Kier molecular flexibility index (Phi) is 9.96. The van der Waals surface area contributed by atoms with Crippen molar-refractivity contribution < 1.29 is 4.79 Å².